The van der Waals surface area contributed by atoms with Gasteiger partial charge < -0.3 is 15.3 Å². The van der Waals surface area contributed by atoms with Crippen LogP contribution in [0.5, 0.6) is 0 Å². The van der Waals surface area contributed by atoms with Crippen LogP contribution in [-0.4, -0.2) is 43.3 Å². The largest absolute Gasteiger partial charge is 0.396 e. The first-order valence-electron chi connectivity index (χ1n) is 6.18. The third-order valence-corrected chi connectivity index (χ3v) is 2.95. The number of nitrogens with zero attached hydrogens (tertiary/aromatic N) is 1. The average Bonchev–Trinajstić information content (AvgIpc) is 2.28. The Bertz CT molecular complexity index is 328. The molecule has 0 saturated heterocycles. The van der Waals surface area contributed by atoms with Crippen LogP contribution in [0.15, 0.2) is 24.3 Å². The maximum Gasteiger partial charge on any atom is 0.0446 e. The topological polar surface area (TPSA) is 35.5 Å². The van der Waals surface area contributed by atoms with Crippen LogP contribution < -0.4 is 5.32 Å². The minimum absolute atomic E-state index is 0.240. The molecule has 1 rings (SSSR count). The minimum atomic E-state index is 0.240. The van der Waals surface area contributed by atoms with Gasteiger partial charge in [-0.05, 0) is 33.0 Å². The molecule has 0 aliphatic rings. The van der Waals surface area contributed by atoms with Gasteiger partial charge in [0.15, 0.2) is 0 Å². The summed E-state index contributed by atoms with van der Waals surface area (Å²) in [6.45, 7) is 4.26. The SMILES string of the molecule is CNC(CCO)CN(C)Cc1cccc(C)c1. The first-order chi connectivity index (χ1) is 8.15. The van der Waals surface area contributed by atoms with Crippen molar-refractivity contribution < 1.29 is 5.11 Å². The number of benzene rings is 1. The second-order valence-electron chi connectivity index (χ2n) is 4.68. The molecule has 0 aliphatic heterocycles. The molecule has 3 heteroatoms. The Morgan fingerprint density at radius 2 is 2.18 bits per heavy atom. The van der Waals surface area contributed by atoms with E-state index in [-0.39, 0.29) is 6.61 Å². The predicted octanol–water partition coefficient (Wildman–Crippen LogP) is 1.40. The van der Waals surface area contributed by atoms with Crippen molar-refractivity contribution in [1.29, 1.82) is 0 Å². The molecule has 2 N–H and O–H groups in total. The summed E-state index contributed by atoms with van der Waals surface area (Å²) in [5.74, 6) is 0. The molecule has 3 nitrogen and oxygen atoms in total. The maximum absolute atomic E-state index is 8.95. The lowest BCUT2D eigenvalue weighted by Gasteiger charge is -2.23. The molecule has 0 amide bonds. The quantitative estimate of drug-likeness (QED) is 0.751. The van der Waals surface area contributed by atoms with Crippen LogP contribution >= 0.6 is 0 Å². The molecule has 0 aliphatic carbocycles. The summed E-state index contributed by atoms with van der Waals surface area (Å²) in [4.78, 5) is 2.28. The number of aliphatic hydroxyl groups excluding tert-OH is 1. The van der Waals surface area contributed by atoms with Crippen LogP contribution in [0.2, 0.25) is 0 Å². The molecule has 0 heterocycles. The molecule has 0 spiro atoms. The molecule has 1 aromatic rings. The summed E-state index contributed by atoms with van der Waals surface area (Å²) >= 11 is 0. The van der Waals surface area contributed by atoms with Crippen LogP contribution in [-0.2, 0) is 6.54 Å². The van der Waals surface area contributed by atoms with Gasteiger partial charge >= 0.3 is 0 Å². The number of nitrogens with one attached hydrogen (secondary N) is 1. The zero-order valence-electron chi connectivity index (χ0n) is 11.1. The average molecular weight is 236 g/mol. The monoisotopic (exact) mass is 236 g/mol. The minimum Gasteiger partial charge on any atom is -0.396 e. The lowest BCUT2D eigenvalue weighted by molar-refractivity contribution is 0.230. The normalized spacial score (nSPS) is 13.0. The third kappa shape index (κ3) is 5.31. The van der Waals surface area contributed by atoms with Crippen molar-refractivity contribution in [3.05, 3.63) is 35.4 Å². The van der Waals surface area contributed by atoms with E-state index < -0.39 is 0 Å². The van der Waals surface area contributed by atoms with Gasteiger partial charge in [0.05, 0.1) is 0 Å². The lowest BCUT2D eigenvalue weighted by Crippen LogP contribution is -2.38. The van der Waals surface area contributed by atoms with Gasteiger partial charge in [0, 0.05) is 25.7 Å². The van der Waals surface area contributed by atoms with Crippen molar-refractivity contribution in [2.45, 2.75) is 25.9 Å². The summed E-state index contributed by atoms with van der Waals surface area (Å²) in [7, 11) is 4.06. The van der Waals surface area contributed by atoms with E-state index in [1.165, 1.54) is 11.1 Å². The van der Waals surface area contributed by atoms with Gasteiger partial charge in [-0.15, -0.1) is 0 Å². The Hall–Kier alpha value is -0.900. The molecule has 1 aromatic carbocycles. The van der Waals surface area contributed by atoms with E-state index in [4.69, 9.17) is 5.11 Å². The third-order valence-electron chi connectivity index (χ3n) is 2.95. The van der Waals surface area contributed by atoms with Crippen molar-refractivity contribution in [3.63, 3.8) is 0 Å². The summed E-state index contributed by atoms with van der Waals surface area (Å²) in [6, 6.07) is 8.95. The predicted molar refractivity (Wildman–Crippen MR) is 72.1 cm³/mol. The van der Waals surface area contributed by atoms with Crippen LogP contribution in [0.4, 0.5) is 0 Å². The molecule has 1 unspecified atom stereocenters. The Morgan fingerprint density at radius 1 is 1.41 bits per heavy atom. The Kier molecular flexibility index (Phi) is 6.19. The van der Waals surface area contributed by atoms with Crippen LogP contribution in [0, 0.1) is 6.92 Å². The maximum atomic E-state index is 8.95. The van der Waals surface area contributed by atoms with Gasteiger partial charge in [-0.2, -0.15) is 0 Å². The van der Waals surface area contributed by atoms with Crippen molar-refractivity contribution in [2.24, 2.45) is 0 Å². The molecular weight excluding hydrogens is 212 g/mol. The fourth-order valence-corrected chi connectivity index (χ4v) is 2.05. The molecule has 17 heavy (non-hydrogen) atoms. The number of aryl methyl sites for hydroxylation is 1. The van der Waals surface area contributed by atoms with Gasteiger partial charge in [0.25, 0.3) is 0 Å². The van der Waals surface area contributed by atoms with E-state index in [0.717, 1.165) is 19.5 Å². The highest BCUT2D eigenvalue weighted by Gasteiger charge is 2.09. The van der Waals surface area contributed by atoms with Crippen molar-refractivity contribution in [2.75, 3.05) is 27.2 Å². The van der Waals surface area contributed by atoms with Crippen LogP contribution in [0.3, 0.4) is 0 Å². The zero-order valence-corrected chi connectivity index (χ0v) is 11.1. The number of rotatable bonds is 7. The molecule has 0 radical (unpaired) electrons. The van der Waals surface area contributed by atoms with Crippen LogP contribution in [0.1, 0.15) is 17.5 Å². The van der Waals surface area contributed by atoms with E-state index in [2.05, 4.69) is 48.5 Å². The van der Waals surface area contributed by atoms with Gasteiger partial charge in [0.2, 0.25) is 0 Å². The molecule has 0 aromatic heterocycles. The highest BCUT2D eigenvalue weighted by Crippen LogP contribution is 2.07. The second-order valence-corrected chi connectivity index (χ2v) is 4.68. The smallest absolute Gasteiger partial charge is 0.0446 e. The Balaban J connectivity index is 2.45. The first-order valence-corrected chi connectivity index (χ1v) is 6.18. The van der Waals surface area contributed by atoms with Crippen molar-refractivity contribution in [1.82, 2.24) is 10.2 Å². The molecular formula is C14H24N2O. The van der Waals surface area contributed by atoms with Crippen molar-refractivity contribution in [3.8, 4) is 0 Å². The van der Waals surface area contributed by atoms with E-state index in [1.54, 1.807) is 0 Å². The molecule has 0 bridgehead atoms. The first kappa shape index (κ1) is 14.2. The Labute approximate surface area is 104 Å². The van der Waals surface area contributed by atoms with E-state index in [0.29, 0.717) is 6.04 Å². The molecule has 0 fully saturated rings. The van der Waals surface area contributed by atoms with E-state index >= 15 is 0 Å². The number of aliphatic hydroxyl groups is 1. The van der Waals surface area contributed by atoms with Gasteiger partial charge in [-0.3, -0.25) is 0 Å². The number of likely N-dealkylation sites (N-methyl/N-ethyl adjacent to an activating group) is 2. The summed E-state index contributed by atoms with van der Waals surface area (Å²) in [6.07, 6.45) is 0.800. The fraction of sp³-hybridized carbons (Fsp3) is 0.571. The standard InChI is InChI=1S/C14H24N2O/c1-12-5-4-6-13(9-12)10-16(3)11-14(15-2)7-8-17/h4-6,9,14-15,17H,7-8,10-11H2,1-3H3. The lowest BCUT2D eigenvalue weighted by atomic mass is 10.1. The second kappa shape index (κ2) is 7.43. The number of hydrogen-bond donors (Lipinski definition) is 2. The fourth-order valence-electron chi connectivity index (χ4n) is 2.05. The molecule has 96 valence electrons. The Morgan fingerprint density at radius 3 is 2.76 bits per heavy atom. The highest BCUT2D eigenvalue weighted by atomic mass is 16.3. The summed E-state index contributed by atoms with van der Waals surface area (Å²) in [5, 5.41) is 12.2. The van der Waals surface area contributed by atoms with E-state index in [9.17, 15) is 0 Å². The van der Waals surface area contributed by atoms with Crippen molar-refractivity contribution >= 4 is 0 Å². The zero-order chi connectivity index (χ0) is 12.7. The highest BCUT2D eigenvalue weighted by molar-refractivity contribution is 5.21. The summed E-state index contributed by atoms with van der Waals surface area (Å²) < 4.78 is 0. The van der Waals surface area contributed by atoms with Crippen LogP contribution in [0.25, 0.3) is 0 Å². The van der Waals surface area contributed by atoms with Gasteiger partial charge in [-0.25, -0.2) is 0 Å². The van der Waals surface area contributed by atoms with Gasteiger partial charge in [-0.1, -0.05) is 29.8 Å². The molecule has 0 saturated carbocycles. The number of hydrogen-bond acceptors (Lipinski definition) is 3. The van der Waals surface area contributed by atoms with Gasteiger partial charge in [0.1, 0.15) is 0 Å². The molecule has 1 atom stereocenters. The van der Waals surface area contributed by atoms with E-state index in [1.807, 2.05) is 7.05 Å². The summed E-state index contributed by atoms with van der Waals surface area (Å²) in [5.41, 5.74) is 2.64.